The number of fused-ring (bicyclic) bond motifs is 1. The zero-order chi connectivity index (χ0) is 18.2. The lowest BCUT2D eigenvalue weighted by Crippen LogP contribution is -2.17. The molecule has 0 atom stereocenters. The number of aromatic nitrogens is 4. The van der Waals surface area contributed by atoms with E-state index in [0.717, 1.165) is 17.3 Å². The van der Waals surface area contributed by atoms with E-state index in [1.807, 2.05) is 31.2 Å². The highest BCUT2D eigenvalue weighted by Crippen LogP contribution is 2.28. The van der Waals surface area contributed by atoms with Crippen molar-refractivity contribution < 1.29 is 13.2 Å². The quantitative estimate of drug-likeness (QED) is 0.523. The summed E-state index contributed by atoms with van der Waals surface area (Å²) in [5, 5.41) is 0.217. The van der Waals surface area contributed by atoms with Crippen LogP contribution in [0.2, 0.25) is 0 Å². The Morgan fingerprint density at radius 2 is 1.88 bits per heavy atom. The van der Waals surface area contributed by atoms with E-state index in [9.17, 15) is 18.0 Å². The zero-order valence-electron chi connectivity index (χ0n) is 13.5. The molecule has 0 aliphatic carbocycles. The smallest absolute Gasteiger partial charge is 0.319 e. The molecule has 0 N–H and O–H groups in total. The Hall–Kier alpha value is -2.29. The van der Waals surface area contributed by atoms with Crippen LogP contribution in [-0.4, -0.2) is 31.0 Å². The first-order chi connectivity index (χ1) is 11.8. The normalized spacial score (nSPS) is 12.0. The number of imidazole rings is 1. The van der Waals surface area contributed by atoms with Gasteiger partial charge in [-0.2, -0.15) is 18.2 Å². The van der Waals surface area contributed by atoms with Gasteiger partial charge < -0.3 is 4.57 Å². The Morgan fingerprint density at radius 3 is 2.52 bits per heavy atom. The van der Waals surface area contributed by atoms with E-state index in [1.54, 1.807) is 16.2 Å². The predicted octanol–water partition coefficient (Wildman–Crippen LogP) is 3.47. The number of nitrogens with zero attached hydrogens (tertiary/aromatic N) is 4. The van der Waals surface area contributed by atoms with Crippen LogP contribution in [0.4, 0.5) is 13.2 Å². The van der Waals surface area contributed by atoms with Crippen molar-refractivity contribution in [2.24, 2.45) is 7.05 Å². The van der Waals surface area contributed by atoms with Crippen LogP contribution >= 0.6 is 11.8 Å². The number of aryl methyl sites for hydroxylation is 2. The average molecular weight is 368 g/mol. The lowest BCUT2D eigenvalue weighted by molar-refractivity contribution is -0.129. The zero-order valence-corrected chi connectivity index (χ0v) is 14.4. The molecule has 9 heteroatoms. The van der Waals surface area contributed by atoms with Gasteiger partial charge in [-0.25, -0.2) is 4.98 Å². The summed E-state index contributed by atoms with van der Waals surface area (Å²) in [6.07, 6.45) is -3.72. The van der Waals surface area contributed by atoms with E-state index >= 15 is 0 Å². The monoisotopic (exact) mass is 368 g/mol. The summed E-state index contributed by atoms with van der Waals surface area (Å²) >= 11 is 0.905. The van der Waals surface area contributed by atoms with Crippen molar-refractivity contribution in [3.63, 3.8) is 0 Å². The summed E-state index contributed by atoms with van der Waals surface area (Å²) in [7, 11) is 1.73. The van der Waals surface area contributed by atoms with Crippen LogP contribution in [0, 0.1) is 6.92 Å². The van der Waals surface area contributed by atoms with E-state index in [0.29, 0.717) is 11.3 Å². The number of rotatable bonds is 4. The summed E-state index contributed by atoms with van der Waals surface area (Å²) in [6.45, 7) is 1.94. The van der Waals surface area contributed by atoms with Crippen molar-refractivity contribution in [3.05, 3.63) is 46.5 Å². The summed E-state index contributed by atoms with van der Waals surface area (Å²) in [6, 6.07) is 7.45. The molecule has 0 aliphatic rings. The van der Waals surface area contributed by atoms with Crippen molar-refractivity contribution in [1.82, 2.24) is 19.1 Å². The summed E-state index contributed by atoms with van der Waals surface area (Å²) in [4.78, 5) is 20.2. The number of hydrogen-bond acceptors (Lipinski definition) is 4. The van der Waals surface area contributed by atoms with Crippen LogP contribution in [0.1, 0.15) is 12.0 Å². The number of benzene rings is 1. The van der Waals surface area contributed by atoms with Gasteiger partial charge in [-0.3, -0.25) is 9.36 Å². The minimum atomic E-state index is -4.25. The molecule has 0 amide bonds. The van der Waals surface area contributed by atoms with Crippen LogP contribution < -0.4 is 5.56 Å². The fourth-order valence-electron chi connectivity index (χ4n) is 2.40. The highest BCUT2D eigenvalue weighted by Gasteiger charge is 2.27. The first kappa shape index (κ1) is 17.5. The van der Waals surface area contributed by atoms with Gasteiger partial charge in [0.25, 0.3) is 0 Å². The topological polar surface area (TPSA) is 52.7 Å². The van der Waals surface area contributed by atoms with Crippen molar-refractivity contribution in [2.45, 2.75) is 24.7 Å². The molecule has 0 unspecified atom stereocenters. The van der Waals surface area contributed by atoms with Crippen molar-refractivity contribution in [3.8, 4) is 5.69 Å². The molecule has 0 bridgehead atoms. The SMILES string of the molecule is Cc1ccc(-n2c(SCCC(F)(F)F)nc(=O)c3ncn(C)c32)cc1. The summed E-state index contributed by atoms with van der Waals surface area (Å²) < 4.78 is 40.7. The van der Waals surface area contributed by atoms with E-state index in [4.69, 9.17) is 0 Å². The van der Waals surface area contributed by atoms with Gasteiger partial charge in [-0.15, -0.1) is 0 Å². The number of thioether (sulfide) groups is 1. The first-order valence-electron chi connectivity index (χ1n) is 7.47. The highest BCUT2D eigenvalue weighted by molar-refractivity contribution is 7.99. The van der Waals surface area contributed by atoms with Gasteiger partial charge in [0.05, 0.1) is 12.7 Å². The van der Waals surface area contributed by atoms with Crippen LogP contribution in [0.5, 0.6) is 0 Å². The standard InChI is InChI=1S/C16H15F3N4OS/c1-10-3-5-11(6-4-10)23-14-12(20-9-22(14)2)13(24)21-15(23)25-8-7-16(17,18)19/h3-6,9H,7-8H2,1-2H3. The lowest BCUT2D eigenvalue weighted by atomic mass is 10.2. The van der Waals surface area contributed by atoms with Crippen molar-refractivity contribution >= 4 is 22.9 Å². The van der Waals surface area contributed by atoms with E-state index in [-0.39, 0.29) is 16.4 Å². The second-order valence-electron chi connectivity index (χ2n) is 5.61. The molecule has 0 aliphatic heterocycles. The molecule has 0 fully saturated rings. The molecule has 2 heterocycles. The Balaban J connectivity index is 2.14. The predicted molar refractivity (Wildman–Crippen MR) is 90.2 cm³/mol. The van der Waals surface area contributed by atoms with Crippen LogP contribution in [-0.2, 0) is 7.05 Å². The van der Waals surface area contributed by atoms with Gasteiger partial charge in [0.15, 0.2) is 16.3 Å². The Morgan fingerprint density at radius 1 is 1.20 bits per heavy atom. The number of hydrogen-bond donors (Lipinski definition) is 0. The van der Waals surface area contributed by atoms with Crippen LogP contribution in [0.15, 0.2) is 40.5 Å². The molecule has 3 aromatic rings. The molecule has 1 aromatic carbocycles. The minimum Gasteiger partial charge on any atom is -0.319 e. The average Bonchev–Trinajstić information content (AvgIpc) is 2.90. The molecule has 5 nitrogen and oxygen atoms in total. The Kier molecular flexibility index (Phi) is 4.59. The van der Waals surface area contributed by atoms with Gasteiger partial charge in [-0.05, 0) is 19.1 Å². The third-order valence-electron chi connectivity index (χ3n) is 3.62. The van der Waals surface area contributed by atoms with E-state index < -0.39 is 18.2 Å². The maximum Gasteiger partial charge on any atom is 0.389 e. The third kappa shape index (κ3) is 3.71. The Labute approximate surface area is 145 Å². The molecule has 25 heavy (non-hydrogen) atoms. The molecule has 0 radical (unpaired) electrons. The van der Waals surface area contributed by atoms with Crippen molar-refractivity contribution in [1.29, 1.82) is 0 Å². The van der Waals surface area contributed by atoms with Gasteiger partial charge in [0.2, 0.25) is 0 Å². The molecule has 0 saturated carbocycles. The van der Waals surface area contributed by atoms with Crippen molar-refractivity contribution in [2.75, 3.05) is 5.75 Å². The van der Waals surface area contributed by atoms with Gasteiger partial charge in [0.1, 0.15) is 0 Å². The fraction of sp³-hybridized carbons (Fsp3) is 0.312. The minimum absolute atomic E-state index is 0.184. The number of halogens is 3. The third-order valence-corrected chi connectivity index (χ3v) is 4.56. The molecule has 0 saturated heterocycles. The fourth-order valence-corrected chi connectivity index (χ4v) is 3.38. The van der Waals surface area contributed by atoms with Crippen LogP contribution in [0.3, 0.4) is 0 Å². The molecular weight excluding hydrogens is 353 g/mol. The lowest BCUT2D eigenvalue weighted by Gasteiger charge is -2.15. The molecule has 132 valence electrons. The van der Waals surface area contributed by atoms with Gasteiger partial charge in [-0.1, -0.05) is 29.5 Å². The largest absolute Gasteiger partial charge is 0.389 e. The van der Waals surface area contributed by atoms with Gasteiger partial charge in [0, 0.05) is 18.5 Å². The van der Waals surface area contributed by atoms with Crippen LogP contribution in [0.25, 0.3) is 16.9 Å². The van der Waals surface area contributed by atoms with Gasteiger partial charge >= 0.3 is 11.7 Å². The molecular formula is C16H15F3N4OS. The maximum absolute atomic E-state index is 12.5. The number of alkyl halides is 3. The van der Waals surface area contributed by atoms with E-state index in [1.165, 1.54) is 6.33 Å². The van der Waals surface area contributed by atoms with E-state index in [2.05, 4.69) is 9.97 Å². The second-order valence-corrected chi connectivity index (χ2v) is 6.67. The Bertz CT molecular complexity index is 960. The molecule has 2 aromatic heterocycles. The maximum atomic E-state index is 12.5. The summed E-state index contributed by atoms with van der Waals surface area (Å²) in [5.74, 6) is -0.217. The molecule has 0 spiro atoms. The molecule has 3 rings (SSSR count). The first-order valence-corrected chi connectivity index (χ1v) is 8.45. The highest BCUT2D eigenvalue weighted by atomic mass is 32.2. The summed E-state index contributed by atoms with van der Waals surface area (Å²) in [5.41, 5.74) is 1.89. The second kappa shape index (κ2) is 6.55.